The van der Waals surface area contributed by atoms with E-state index in [1.54, 1.807) is 25.2 Å². The predicted octanol–water partition coefficient (Wildman–Crippen LogP) is 3.95. The number of hydrogen-bond acceptors (Lipinski definition) is 4. The molecule has 0 aliphatic heterocycles. The number of non-ortho nitro benzene ring substituents is 1. The van der Waals surface area contributed by atoms with Gasteiger partial charge < -0.3 is 10.6 Å². The molecule has 0 heterocycles. The minimum Gasteiger partial charge on any atom is -0.388 e. The molecular weight excluding hydrogens is 273 g/mol. The molecule has 21 heavy (non-hydrogen) atoms. The van der Waals surface area contributed by atoms with E-state index in [4.69, 9.17) is 0 Å². The molecule has 110 valence electrons. The van der Waals surface area contributed by atoms with Crippen molar-refractivity contribution in [3.63, 3.8) is 0 Å². The highest BCUT2D eigenvalue weighted by Gasteiger charge is 2.12. The second-order valence-electron chi connectivity index (χ2n) is 4.70. The Morgan fingerprint density at radius 3 is 2.52 bits per heavy atom. The van der Waals surface area contributed by atoms with Crippen molar-refractivity contribution in [1.29, 1.82) is 0 Å². The molecule has 2 rings (SSSR count). The summed E-state index contributed by atoms with van der Waals surface area (Å²) in [7, 11) is 1.69. The number of halogens is 1. The second-order valence-corrected chi connectivity index (χ2v) is 4.70. The first-order valence-electron chi connectivity index (χ1n) is 6.49. The topological polar surface area (TPSA) is 67.2 Å². The first-order chi connectivity index (χ1) is 9.99. The maximum absolute atomic E-state index is 13.2. The number of benzene rings is 2. The third kappa shape index (κ3) is 3.68. The summed E-state index contributed by atoms with van der Waals surface area (Å²) in [6.07, 6.45) is 0. The van der Waals surface area contributed by atoms with Crippen LogP contribution in [0.1, 0.15) is 18.5 Å². The predicted molar refractivity (Wildman–Crippen MR) is 81.1 cm³/mol. The van der Waals surface area contributed by atoms with Crippen molar-refractivity contribution in [3.05, 3.63) is 64.0 Å². The van der Waals surface area contributed by atoms with Gasteiger partial charge in [-0.05, 0) is 30.7 Å². The zero-order chi connectivity index (χ0) is 15.4. The molecule has 5 nitrogen and oxygen atoms in total. The smallest absolute Gasteiger partial charge is 0.273 e. The van der Waals surface area contributed by atoms with Gasteiger partial charge in [0.25, 0.3) is 5.69 Å². The Labute approximate surface area is 122 Å². The summed E-state index contributed by atoms with van der Waals surface area (Å²) in [4.78, 5) is 10.5. The van der Waals surface area contributed by atoms with E-state index in [9.17, 15) is 14.5 Å². The molecule has 6 heteroatoms. The Kier molecular flexibility index (Phi) is 4.37. The van der Waals surface area contributed by atoms with E-state index < -0.39 is 4.92 Å². The number of hydrogen-bond donors (Lipinski definition) is 2. The maximum atomic E-state index is 13.2. The molecular formula is C15H16FN3O2. The third-order valence-corrected chi connectivity index (χ3v) is 3.15. The first kappa shape index (κ1) is 14.8. The molecule has 0 fully saturated rings. The van der Waals surface area contributed by atoms with Gasteiger partial charge >= 0.3 is 0 Å². The standard InChI is InChI=1S/C15H16FN3O2/c1-10(11-4-3-5-12(16)6-11)18-14-7-13(17-2)8-15(9-14)19(20)21/h3-10,17-18H,1-2H3. The van der Waals surface area contributed by atoms with Crippen LogP contribution in [0.2, 0.25) is 0 Å². The fourth-order valence-corrected chi connectivity index (χ4v) is 2.05. The van der Waals surface area contributed by atoms with Gasteiger partial charge in [0, 0.05) is 36.6 Å². The average Bonchev–Trinajstić information content (AvgIpc) is 2.46. The van der Waals surface area contributed by atoms with E-state index in [1.807, 2.05) is 6.92 Å². The molecule has 1 unspecified atom stereocenters. The first-order valence-corrected chi connectivity index (χ1v) is 6.49. The molecule has 0 radical (unpaired) electrons. The summed E-state index contributed by atoms with van der Waals surface area (Å²) < 4.78 is 13.2. The van der Waals surface area contributed by atoms with Gasteiger partial charge in [0.15, 0.2) is 0 Å². The molecule has 0 saturated heterocycles. The number of nitro groups is 1. The fourth-order valence-electron chi connectivity index (χ4n) is 2.05. The lowest BCUT2D eigenvalue weighted by Gasteiger charge is -2.16. The van der Waals surface area contributed by atoms with E-state index in [1.165, 1.54) is 24.3 Å². The molecule has 2 aromatic carbocycles. The molecule has 0 aliphatic carbocycles. The fraction of sp³-hybridized carbons (Fsp3) is 0.200. The van der Waals surface area contributed by atoms with Crippen LogP contribution in [0.4, 0.5) is 21.5 Å². The Hall–Kier alpha value is -2.63. The number of rotatable bonds is 5. The van der Waals surface area contributed by atoms with Crippen molar-refractivity contribution < 1.29 is 9.31 Å². The van der Waals surface area contributed by atoms with Crippen LogP contribution >= 0.6 is 0 Å². The minimum absolute atomic E-state index is 0.00390. The number of nitrogens with one attached hydrogen (secondary N) is 2. The van der Waals surface area contributed by atoms with Crippen molar-refractivity contribution in [1.82, 2.24) is 0 Å². The molecule has 2 aromatic rings. The second kappa shape index (κ2) is 6.21. The summed E-state index contributed by atoms with van der Waals surface area (Å²) in [5.74, 6) is -0.309. The van der Waals surface area contributed by atoms with Crippen molar-refractivity contribution in [3.8, 4) is 0 Å². The van der Waals surface area contributed by atoms with Gasteiger partial charge in [0.05, 0.1) is 4.92 Å². The molecule has 0 amide bonds. The molecule has 0 spiro atoms. The van der Waals surface area contributed by atoms with Gasteiger partial charge in [-0.15, -0.1) is 0 Å². The highest BCUT2D eigenvalue weighted by Crippen LogP contribution is 2.27. The van der Waals surface area contributed by atoms with Crippen LogP contribution in [-0.4, -0.2) is 12.0 Å². The van der Waals surface area contributed by atoms with Crippen LogP contribution in [0.5, 0.6) is 0 Å². The molecule has 2 N–H and O–H groups in total. The molecule has 0 bridgehead atoms. The summed E-state index contributed by atoms with van der Waals surface area (Å²) in [6.45, 7) is 1.87. The minimum atomic E-state index is -0.446. The Balaban J connectivity index is 2.26. The van der Waals surface area contributed by atoms with Crippen molar-refractivity contribution in [2.24, 2.45) is 0 Å². The van der Waals surface area contributed by atoms with Crippen LogP contribution in [0.15, 0.2) is 42.5 Å². The van der Waals surface area contributed by atoms with E-state index in [2.05, 4.69) is 10.6 Å². The van der Waals surface area contributed by atoms with Crippen LogP contribution < -0.4 is 10.6 Å². The van der Waals surface area contributed by atoms with Crippen molar-refractivity contribution >= 4 is 17.1 Å². The SMILES string of the molecule is CNc1cc(NC(C)c2cccc(F)c2)cc([N+](=O)[O-])c1. The average molecular weight is 289 g/mol. The lowest BCUT2D eigenvalue weighted by molar-refractivity contribution is -0.384. The van der Waals surface area contributed by atoms with Crippen molar-refractivity contribution in [2.45, 2.75) is 13.0 Å². The number of nitro benzene ring substituents is 1. The van der Waals surface area contributed by atoms with E-state index in [0.29, 0.717) is 11.4 Å². The van der Waals surface area contributed by atoms with E-state index in [0.717, 1.165) is 5.56 Å². The third-order valence-electron chi connectivity index (χ3n) is 3.15. The summed E-state index contributed by atoms with van der Waals surface area (Å²) in [6, 6.07) is 10.8. The number of nitrogens with zero attached hydrogens (tertiary/aromatic N) is 1. The number of anilines is 2. The van der Waals surface area contributed by atoms with Gasteiger partial charge in [-0.1, -0.05) is 12.1 Å². The lowest BCUT2D eigenvalue weighted by Crippen LogP contribution is -2.07. The Morgan fingerprint density at radius 1 is 1.19 bits per heavy atom. The highest BCUT2D eigenvalue weighted by molar-refractivity contribution is 5.63. The van der Waals surface area contributed by atoms with Crippen molar-refractivity contribution in [2.75, 3.05) is 17.7 Å². The quantitative estimate of drug-likeness (QED) is 0.646. The van der Waals surface area contributed by atoms with Gasteiger partial charge in [0.2, 0.25) is 0 Å². The van der Waals surface area contributed by atoms with E-state index >= 15 is 0 Å². The highest BCUT2D eigenvalue weighted by atomic mass is 19.1. The normalized spacial score (nSPS) is 11.8. The van der Waals surface area contributed by atoms with E-state index in [-0.39, 0.29) is 17.5 Å². The lowest BCUT2D eigenvalue weighted by atomic mass is 10.1. The van der Waals surface area contributed by atoms with Gasteiger partial charge in [0.1, 0.15) is 5.82 Å². The Morgan fingerprint density at radius 2 is 1.90 bits per heavy atom. The van der Waals surface area contributed by atoms with Crippen LogP contribution in [0.3, 0.4) is 0 Å². The molecule has 0 aliphatic rings. The summed E-state index contributed by atoms with van der Waals surface area (Å²) in [5.41, 5.74) is 2.01. The molecule has 1 atom stereocenters. The van der Waals surface area contributed by atoms with Gasteiger partial charge in [-0.2, -0.15) is 0 Å². The zero-order valence-electron chi connectivity index (χ0n) is 11.8. The molecule has 0 saturated carbocycles. The van der Waals surface area contributed by atoms with Crippen LogP contribution in [-0.2, 0) is 0 Å². The van der Waals surface area contributed by atoms with Gasteiger partial charge in [-0.3, -0.25) is 10.1 Å². The zero-order valence-corrected chi connectivity index (χ0v) is 11.8. The van der Waals surface area contributed by atoms with Crippen LogP contribution in [0.25, 0.3) is 0 Å². The summed E-state index contributed by atoms with van der Waals surface area (Å²) in [5, 5.41) is 16.9. The molecule has 0 aromatic heterocycles. The maximum Gasteiger partial charge on any atom is 0.273 e. The van der Waals surface area contributed by atoms with Gasteiger partial charge in [-0.25, -0.2) is 4.39 Å². The Bertz CT molecular complexity index is 661. The largest absolute Gasteiger partial charge is 0.388 e. The van der Waals surface area contributed by atoms with Crippen LogP contribution in [0, 0.1) is 15.9 Å². The summed E-state index contributed by atoms with van der Waals surface area (Å²) >= 11 is 0. The monoisotopic (exact) mass is 289 g/mol.